The van der Waals surface area contributed by atoms with E-state index in [2.05, 4.69) is 28.7 Å². The van der Waals surface area contributed by atoms with E-state index in [1.54, 1.807) is 0 Å². The first-order chi connectivity index (χ1) is 8.67. The van der Waals surface area contributed by atoms with Crippen LogP contribution in [0.4, 0.5) is 5.95 Å². The van der Waals surface area contributed by atoms with Gasteiger partial charge in [-0.2, -0.15) is 0 Å². The molecule has 4 heteroatoms. The molecule has 0 aromatic carbocycles. The predicted octanol–water partition coefficient (Wildman–Crippen LogP) is 2.64. The highest BCUT2D eigenvalue weighted by molar-refractivity contribution is 5.47. The third kappa shape index (κ3) is 4.73. The fourth-order valence-corrected chi connectivity index (χ4v) is 1.67. The van der Waals surface area contributed by atoms with E-state index < -0.39 is 0 Å². The average molecular weight is 248 g/mol. The average Bonchev–Trinajstić information content (AvgIpc) is 2.37. The number of rotatable bonds is 7. The maximum Gasteiger partial charge on any atom is 0.225 e. The molecule has 0 bridgehead atoms. The summed E-state index contributed by atoms with van der Waals surface area (Å²) < 4.78 is 0. The number of hydrogen-bond donors (Lipinski definition) is 0. The van der Waals surface area contributed by atoms with Crippen molar-refractivity contribution in [3.8, 4) is 0 Å². The Morgan fingerprint density at radius 3 is 2.06 bits per heavy atom. The normalized spacial score (nSPS) is 10.9. The third-order valence-corrected chi connectivity index (χ3v) is 2.49. The van der Waals surface area contributed by atoms with Crippen molar-refractivity contribution in [1.29, 1.82) is 0 Å². The standard InChI is InChI=1S/C14H24N4/c1-5-8-18(9-6-2)14-15-11-13(12-16-14)7-10-17(3)4/h7,10-12H,5-6,8-9H2,1-4H3/b10-7-. The summed E-state index contributed by atoms with van der Waals surface area (Å²) in [5.74, 6) is 0.834. The molecule has 0 aliphatic heterocycles. The molecule has 100 valence electrons. The van der Waals surface area contributed by atoms with Gasteiger partial charge in [-0.3, -0.25) is 0 Å². The Bertz CT molecular complexity index is 351. The number of nitrogens with zero attached hydrogens (tertiary/aromatic N) is 4. The van der Waals surface area contributed by atoms with Gasteiger partial charge in [-0.05, 0) is 25.1 Å². The summed E-state index contributed by atoms with van der Waals surface area (Å²) in [7, 11) is 3.99. The molecule has 0 aliphatic rings. The molecule has 1 rings (SSSR count). The highest BCUT2D eigenvalue weighted by Gasteiger charge is 2.06. The molecule has 0 aliphatic carbocycles. The van der Waals surface area contributed by atoms with Gasteiger partial charge in [0.25, 0.3) is 0 Å². The van der Waals surface area contributed by atoms with Crippen molar-refractivity contribution in [3.63, 3.8) is 0 Å². The number of anilines is 1. The van der Waals surface area contributed by atoms with Gasteiger partial charge < -0.3 is 9.80 Å². The van der Waals surface area contributed by atoms with Crippen LogP contribution in [0.2, 0.25) is 0 Å². The van der Waals surface area contributed by atoms with Crippen LogP contribution in [-0.2, 0) is 0 Å². The van der Waals surface area contributed by atoms with E-state index in [0.717, 1.165) is 37.4 Å². The summed E-state index contributed by atoms with van der Waals surface area (Å²) in [6.45, 7) is 6.38. The second kappa shape index (κ2) is 7.69. The first-order valence-electron chi connectivity index (χ1n) is 6.59. The maximum atomic E-state index is 4.44. The summed E-state index contributed by atoms with van der Waals surface area (Å²) in [5.41, 5.74) is 1.03. The zero-order valence-electron chi connectivity index (χ0n) is 11.9. The second-order valence-corrected chi connectivity index (χ2v) is 4.58. The molecular formula is C14H24N4. The van der Waals surface area contributed by atoms with Crippen LogP contribution < -0.4 is 4.90 Å². The first-order valence-corrected chi connectivity index (χ1v) is 6.59. The summed E-state index contributed by atoms with van der Waals surface area (Å²) in [5, 5.41) is 0. The van der Waals surface area contributed by atoms with Gasteiger partial charge in [0, 0.05) is 45.1 Å². The van der Waals surface area contributed by atoms with Crippen LogP contribution >= 0.6 is 0 Å². The Morgan fingerprint density at radius 1 is 1.06 bits per heavy atom. The van der Waals surface area contributed by atoms with Gasteiger partial charge in [-0.1, -0.05) is 13.8 Å². The predicted molar refractivity (Wildman–Crippen MR) is 77.5 cm³/mol. The number of hydrogen-bond acceptors (Lipinski definition) is 4. The molecule has 1 heterocycles. The van der Waals surface area contributed by atoms with Crippen LogP contribution in [-0.4, -0.2) is 42.1 Å². The van der Waals surface area contributed by atoms with Gasteiger partial charge in [-0.25, -0.2) is 9.97 Å². The highest BCUT2D eigenvalue weighted by Crippen LogP contribution is 2.09. The molecule has 1 aromatic rings. The smallest absolute Gasteiger partial charge is 0.225 e. The van der Waals surface area contributed by atoms with E-state index in [1.165, 1.54) is 0 Å². The van der Waals surface area contributed by atoms with Crippen LogP contribution in [0.25, 0.3) is 6.08 Å². The van der Waals surface area contributed by atoms with Crippen LogP contribution in [0.3, 0.4) is 0 Å². The largest absolute Gasteiger partial charge is 0.383 e. The van der Waals surface area contributed by atoms with E-state index in [4.69, 9.17) is 0 Å². The van der Waals surface area contributed by atoms with Crippen molar-refractivity contribution in [2.75, 3.05) is 32.1 Å². The van der Waals surface area contributed by atoms with Gasteiger partial charge >= 0.3 is 0 Å². The molecular weight excluding hydrogens is 224 g/mol. The van der Waals surface area contributed by atoms with Crippen molar-refractivity contribution in [2.24, 2.45) is 0 Å². The molecule has 0 spiro atoms. The summed E-state index contributed by atoms with van der Waals surface area (Å²) in [6.07, 6.45) is 9.99. The van der Waals surface area contributed by atoms with Crippen molar-refractivity contribution in [1.82, 2.24) is 14.9 Å². The summed E-state index contributed by atoms with van der Waals surface area (Å²) in [6, 6.07) is 0. The van der Waals surface area contributed by atoms with Crippen LogP contribution in [0, 0.1) is 0 Å². The van der Waals surface area contributed by atoms with Gasteiger partial charge in [0.1, 0.15) is 0 Å². The van der Waals surface area contributed by atoms with Gasteiger partial charge in [0.2, 0.25) is 5.95 Å². The Kier molecular flexibility index (Phi) is 6.19. The lowest BCUT2D eigenvalue weighted by Crippen LogP contribution is -2.26. The van der Waals surface area contributed by atoms with E-state index in [-0.39, 0.29) is 0 Å². The van der Waals surface area contributed by atoms with Crippen LogP contribution in [0.15, 0.2) is 18.6 Å². The number of aromatic nitrogens is 2. The monoisotopic (exact) mass is 248 g/mol. The lowest BCUT2D eigenvalue weighted by atomic mass is 10.3. The molecule has 0 radical (unpaired) electrons. The van der Waals surface area contributed by atoms with Crippen LogP contribution in [0.1, 0.15) is 32.3 Å². The van der Waals surface area contributed by atoms with Crippen molar-refractivity contribution >= 4 is 12.0 Å². The lowest BCUT2D eigenvalue weighted by molar-refractivity contribution is 0.567. The van der Waals surface area contributed by atoms with Gasteiger partial charge in [0.15, 0.2) is 0 Å². The Morgan fingerprint density at radius 2 is 1.61 bits per heavy atom. The van der Waals surface area contributed by atoms with Gasteiger partial charge in [-0.15, -0.1) is 0 Å². The Labute approximate surface area is 110 Å². The zero-order chi connectivity index (χ0) is 13.4. The summed E-state index contributed by atoms with van der Waals surface area (Å²) >= 11 is 0. The Hall–Kier alpha value is -1.58. The maximum absolute atomic E-state index is 4.44. The fourth-order valence-electron chi connectivity index (χ4n) is 1.67. The molecule has 0 N–H and O–H groups in total. The Balaban J connectivity index is 2.73. The van der Waals surface area contributed by atoms with E-state index in [1.807, 2.05) is 43.7 Å². The molecule has 0 amide bonds. The molecule has 0 saturated carbocycles. The summed E-state index contributed by atoms with van der Waals surface area (Å²) in [4.78, 5) is 13.1. The molecule has 0 atom stereocenters. The highest BCUT2D eigenvalue weighted by atomic mass is 15.2. The topological polar surface area (TPSA) is 32.3 Å². The van der Waals surface area contributed by atoms with Crippen LogP contribution in [0.5, 0.6) is 0 Å². The second-order valence-electron chi connectivity index (χ2n) is 4.58. The minimum Gasteiger partial charge on any atom is -0.383 e. The molecule has 0 fully saturated rings. The third-order valence-electron chi connectivity index (χ3n) is 2.49. The molecule has 0 unspecified atom stereocenters. The fraction of sp³-hybridized carbons (Fsp3) is 0.571. The van der Waals surface area contributed by atoms with Crippen molar-refractivity contribution < 1.29 is 0 Å². The lowest BCUT2D eigenvalue weighted by Gasteiger charge is -2.20. The first kappa shape index (κ1) is 14.5. The SMILES string of the molecule is CCCN(CCC)c1ncc(/C=C\N(C)C)cn1. The molecule has 1 aromatic heterocycles. The van der Waals surface area contributed by atoms with Crippen molar-refractivity contribution in [2.45, 2.75) is 26.7 Å². The van der Waals surface area contributed by atoms with E-state index >= 15 is 0 Å². The minimum absolute atomic E-state index is 0.834. The molecule has 4 nitrogen and oxygen atoms in total. The van der Waals surface area contributed by atoms with Crippen molar-refractivity contribution in [3.05, 3.63) is 24.2 Å². The minimum atomic E-state index is 0.834. The van der Waals surface area contributed by atoms with Gasteiger partial charge in [0.05, 0.1) is 0 Å². The molecule has 0 saturated heterocycles. The van der Waals surface area contributed by atoms with E-state index in [9.17, 15) is 0 Å². The quantitative estimate of drug-likeness (QED) is 0.742. The molecule has 18 heavy (non-hydrogen) atoms. The zero-order valence-corrected chi connectivity index (χ0v) is 11.9. The van der Waals surface area contributed by atoms with E-state index in [0.29, 0.717) is 0 Å².